The average Bonchev–Trinajstić information content (AvgIpc) is 3.91. The molecule has 0 N–H and O–H groups in total. The van der Waals surface area contributed by atoms with E-state index in [1.807, 2.05) is 36.8 Å². The van der Waals surface area contributed by atoms with Gasteiger partial charge in [0.2, 0.25) is 0 Å². The van der Waals surface area contributed by atoms with Crippen LogP contribution in [-0.2, 0) is 5.41 Å². The van der Waals surface area contributed by atoms with Gasteiger partial charge >= 0.3 is 0 Å². The third-order valence-corrected chi connectivity index (χ3v) is 12.3. The molecule has 0 amide bonds. The van der Waals surface area contributed by atoms with Gasteiger partial charge < -0.3 is 9.30 Å². The first-order valence-electron chi connectivity index (χ1n) is 19.6. The molecule has 6 heteroatoms. The zero-order valence-electron chi connectivity index (χ0n) is 31.0. The molecule has 6 heterocycles. The lowest BCUT2D eigenvalue weighted by molar-refractivity contribution is 0.436. The Morgan fingerprint density at radius 2 is 0.914 bits per heavy atom. The summed E-state index contributed by atoms with van der Waals surface area (Å²) in [6.07, 6.45) is 5.76. The monoisotopic (exact) mass is 741 g/mol. The number of aromatic nitrogens is 5. The molecule has 0 saturated heterocycles. The largest absolute Gasteiger partial charge is 0.457 e. The predicted octanol–water partition coefficient (Wildman–Crippen LogP) is 12.2. The molecule has 270 valence electrons. The number of hydrogen-bond acceptors (Lipinski definition) is 4. The smallest absolute Gasteiger partial charge is 0.145 e. The van der Waals surface area contributed by atoms with E-state index in [4.69, 9.17) is 19.7 Å². The van der Waals surface area contributed by atoms with Crippen LogP contribution in [0.2, 0.25) is 0 Å². The predicted molar refractivity (Wildman–Crippen MR) is 231 cm³/mol. The molecule has 1 aliphatic heterocycles. The Morgan fingerprint density at radius 1 is 0.414 bits per heavy atom. The van der Waals surface area contributed by atoms with Crippen molar-refractivity contribution in [3.63, 3.8) is 0 Å². The SMILES string of the molecule is c1ccc2c(c1)Oc1ccc(-c3cc(-n4c5ccccc5c5ccccc54)cnc3-n3c4ccccc4c4ccccc43)cc1C21c2cccnc2-c2ncccc21. The van der Waals surface area contributed by atoms with Crippen molar-refractivity contribution >= 4 is 43.6 Å². The summed E-state index contributed by atoms with van der Waals surface area (Å²) in [6, 6.07) is 60.3. The van der Waals surface area contributed by atoms with E-state index in [-0.39, 0.29) is 0 Å². The van der Waals surface area contributed by atoms with Gasteiger partial charge in [0.15, 0.2) is 0 Å². The van der Waals surface area contributed by atoms with E-state index in [0.717, 1.165) is 89.8 Å². The molecular formula is C52H31N5O. The second-order valence-electron chi connectivity index (χ2n) is 15.2. The zero-order valence-corrected chi connectivity index (χ0v) is 31.0. The number of rotatable bonds is 3. The van der Waals surface area contributed by atoms with E-state index in [2.05, 4.69) is 161 Å². The molecular weight excluding hydrogens is 711 g/mol. The molecule has 2 aliphatic rings. The summed E-state index contributed by atoms with van der Waals surface area (Å²) >= 11 is 0. The van der Waals surface area contributed by atoms with Crippen molar-refractivity contribution in [2.24, 2.45) is 0 Å². The van der Waals surface area contributed by atoms with Crippen molar-refractivity contribution < 1.29 is 4.74 Å². The van der Waals surface area contributed by atoms with E-state index in [9.17, 15) is 0 Å². The summed E-state index contributed by atoms with van der Waals surface area (Å²) in [7, 11) is 0. The maximum absolute atomic E-state index is 6.82. The molecule has 13 rings (SSSR count). The van der Waals surface area contributed by atoms with Crippen molar-refractivity contribution in [1.82, 2.24) is 24.1 Å². The van der Waals surface area contributed by atoms with Gasteiger partial charge in [-0.1, -0.05) is 109 Å². The van der Waals surface area contributed by atoms with Crippen molar-refractivity contribution in [3.05, 3.63) is 211 Å². The van der Waals surface area contributed by atoms with Crippen molar-refractivity contribution in [3.8, 4) is 45.5 Å². The molecule has 5 aromatic heterocycles. The van der Waals surface area contributed by atoms with Gasteiger partial charge in [-0.3, -0.25) is 14.5 Å². The third-order valence-electron chi connectivity index (χ3n) is 12.3. The molecule has 0 atom stereocenters. The third kappa shape index (κ3) is 4.03. The Balaban J connectivity index is 1.14. The van der Waals surface area contributed by atoms with Crippen LogP contribution >= 0.6 is 0 Å². The van der Waals surface area contributed by atoms with Crippen molar-refractivity contribution in [2.45, 2.75) is 5.41 Å². The normalized spacial score (nSPS) is 13.4. The molecule has 6 aromatic carbocycles. The Kier molecular flexibility index (Phi) is 6.28. The molecule has 0 radical (unpaired) electrons. The van der Waals surface area contributed by atoms with E-state index in [1.165, 1.54) is 21.5 Å². The molecule has 58 heavy (non-hydrogen) atoms. The van der Waals surface area contributed by atoms with E-state index < -0.39 is 5.41 Å². The zero-order chi connectivity index (χ0) is 38.0. The van der Waals surface area contributed by atoms with Crippen LogP contribution < -0.4 is 4.74 Å². The molecule has 1 aliphatic carbocycles. The van der Waals surface area contributed by atoms with Gasteiger partial charge in [-0.25, -0.2) is 4.98 Å². The molecule has 0 fully saturated rings. The highest BCUT2D eigenvalue weighted by Gasteiger charge is 2.52. The quantitative estimate of drug-likeness (QED) is 0.181. The number of fused-ring (bicyclic) bond motifs is 15. The fourth-order valence-electron chi connectivity index (χ4n) is 10.0. The summed E-state index contributed by atoms with van der Waals surface area (Å²) in [5.41, 5.74) is 12.9. The summed E-state index contributed by atoms with van der Waals surface area (Å²) < 4.78 is 11.5. The second kappa shape index (κ2) is 11.6. The van der Waals surface area contributed by atoms with Gasteiger partial charge in [0, 0.05) is 50.6 Å². The lowest BCUT2D eigenvalue weighted by Crippen LogP contribution is -2.32. The van der Waals surface area contributed by atoms with Crippen molar-refractivity contribution in [2.75, 3.05) is 0 Å². The van der Waals surface area contributed by atoms with E-state index in [0.29, 0.717) is 0 Å². The van der Waals surface area contributed by atoms with Crippen molar-refractivity contribution in [1.29, 1.82) is 0 Å². The minimum atomic E-state index is -0.710. The van der Waals surface area contributed by atoms with Gasteiger partial charge in [0.25, 0.3) is 0 Å². The van der Waals surface area contributed by atoms with Crippen LogP contribution in [0.3, 0.4) is 0 Å². The van der Waals surface area contributed by atoms with Crippen LogP contribution in [0.5, 0.6) is 11.5 Å². The average molecular weight is 742 g/mol. The van der Waals surface area contributed by atoms with Gasteiger partial charge in [-0.2, -0.15) is 0 Å². The van der Waals surface area contributed by atoms with E-state index >= 15 is 0 Å². The highest BCUT2D eigenvalue weighted by molar-refractivity contribution is 6.11. The molecule has 0 saturated carbocycles. The number of benzene rings is 6. The Labute approximate surface area is 332 Å². The van der Waals surface area contributed by atoms with Crippen LogP contribution in [0.15, 0.2) is 188 Å². The second-order valence-corrected chi connectivity index (χ2v) is 15.2. The number of hydrogen-bond donors (Lipinski definition) is 0. The number of pyridine rings is 3. The molecule has 11 aromatic rings. The van der Waals surface area contributed by atoms with Gasteiger partial charge in [-0.15, -0.1) is 0 Å². The first-order chi connectivity index (χ1) is 28.8. The fraction of sp³-hybridized carbons (Fsp3) is 0.0192. The first-order valence-corrected chi connectivity index (χ1v) is 19.6. The topological polar surface area (TPSA) is 57.8 Å². The summed E-state index contributed by atoms with van der Waals surface area (Å²) in [5, 5.41) is 4.79. The molecule has 0 unspecified atom stereocenters. The summed E-state index contributed by atoms with van der Waals surface area (Å²) in [6.45, 7) is 0. The first kappa shape index (κ1) is 31.4. The van der Waals surface area contributed by atoms with Crippen LogP contribution in [-0.4, -0.2) is 24.1 Å². The lowest BCUT2D eigenvalue weighted by Gasteiger charge is -2.39. The highest BCUT2D eigenvalue weighted by atomic mass is 16.5. The Hall–Kier alpha value is -7.83. The van der Waals surface area contributed by atoms with Gasteiger partial charge in [-0.05, 0) is 77.4 Å². The number of nitrogens with zero attached hydrogens (tertiary/aromatic N) is 5. The maximum atomic E-state index is 6.82. The Bertz CT molecular complexity index is 3370. The minimum Gasteiger partial charge on any atom is -0.457 e. The van der Waals surface area contributed by atoms with E-state index in [1.54, 1.807) is 0 Å². The standard InChI is InChI=1S/C52H31N5O/c1-6-20-43-34(13-1)35-14-2-7-21-44(35)56(43)33-30-38(51(55-31-33)57-45-22-8-3-15-36(45)37-16-4-9-23-46(37)57)32-25-26-48-42(29-32)52(39-17-5-10-24-47(39)58-48)40-18-11-27-53-49(40)50-41(52)19-12-28-54-50/h1-31H. The Morgan fingerprint density at radius 3 is 1.52 bits per heavy atom. The molecule has 6 nitrogen and oxygen atoms in total. The molecule has 1 spiro atoms. The van der Waals surface area contributed by atoms with Crippen LogP contribution in [0.4, 0.5) is 0 Å². The van der Waals surface area contributed by atoms with Gasteiger partial charge in [0.05, 0.1) is 50.8 Å². The number of ether oxygens (including phenoxy) is 1. The van der Waals surface area contributed by atoms with Gasteiger partial charge in [0.1, 0.15) is 17.3 Å². The highest BCUT2D eigenvalue weighted by Crippen LogP contribution is 2.61. The van der Waals surface area contributed by atoms with Crippen LogP contribution in [0.1, 0.15) is 22.3 Å². The van der Waals surface area contributed by atoms with Crippen LogP contribution in [0, 0.1) is 0 Å². The number of para-hydroxylation sites is 5. The van der Waals surface area contributed by atoms with Crippen LogP contribution in [0.25, 0.3) is 77.6 Å². The molecule has 0 bridgehead atoms. The summed E-state index contributed by atoms with van der Waals surface area (Å²) in [4.78, 5) is 15.4. The maximum Gasteiger partial charge on any atom is 0.145 e. The summed E-state index contributed by atoms with van der Waals surface area (Å²) in [5.74, 6) is 2.48. The lowest BCUT2D eigenvalue weighted by atomic mass is 9.66. The minimum absolute atomic E-state index is 0.710. The fourth-order valence-corrected chi connectivity index (χ4v) is 10.0.